The average molecular weight is 360 g/mol. The SMILES string of the molecule is CC(C)CC[C@H]1C[C@@]2(O)[C@H]3Cc4ccc(O)cc4[C@@]2(CCN3C)C[C@H]1O. The van der Waals surface area contributed by atoms with E-state index in [0.29, 0.717) is 18.8 Å². The summed E-state index contributed by atoms with van der Waals surface area (Å²) in [5.74, 6) is 1.02. The van der Waals surface area contributed by atoms with Crippen LogP contribution in [0.3, 0.4) is 0 Å². The highest BCUT2D eigenvalue weighted by atomic mass is 16.3. The van der Waals surface area contributed by atoms with Gasteiger partial charge in [-0.2, -0.15) is 0 Å². The van der Waals surface area contributed by atoms with Crippen molar-refractivity contribution in [3.8, 4) is 5.75 Å². The molecule has 2 bridgehead atoms. The fourth-order valence-corrected chi connectivity index (χ4v) is 6.13. The van der Waals surface area contributed by atoms with Crippen molar-refractivity contribution in [2.75, 3.05) is 13.6 Å². The highest BCUT2D eigenvalue weighted by Gasteiger charge is 2.65. The summed E-state index contributed by atoms with van der Waals surface area (Å²) in [5, 5.41) is 33.2. The summed E-state index contributed by atoms with van der Waals surface area (Å²) in [6.07, 6.45) is 4.59. The van der Waals surface area contributed by atoms with Crippen LogP contribution in [0.25, 0.3) is 0 Å². The molecule has 0 radical (unpaired) electrons. The van der Waals surface area contributed by atoms with Gasteiger partial charge in [0.15, 0.2) is 0 Å². The number of nitrogens with zero attached hydrogens (tertiary/aromatic N) is 1. The van der Waals surface area contributed by atoms with E-state index in [9.17, 15) is 15.3 Å². The Balaban J connectivity index is 1.78. The molecule has 2 aliphatic carbocycles. The fraction of sp³-hybridized carbons (Fsp3) is 0.727. The molecule has 0 aromatic heterocycles. The molecule has 1 aromatic rings. The second-order valence-corrected chi connectivity index (χ2v) is 9.51. The Morgan fingerprint density at radius 3 is 2.77 bits per heavy atom. The molecule has 3 aliphatic rings. The maximum atomic E-state index is 12.1. The third kappa shape index (κ3) is 2.53. The standard InChI is InChI=1S/C22H33NO3/c1-14(2)4-5-16-12-22(26)20-10-15-6-7-17(24)11-18(15)21(22,13-19(16)25)8-9-23(20)3/h6-7,11,14,16,19-20,24-26H,4-5,8-10,12-13H2,1-3H3/t16-,19+,20+,21+,22+/m0/s1. The molecule has 0 amide bonds. The van der Waals surface area contributed by atoms with Crippen molar-refractivity contribution in [1.29, 1.82) is 0 Å². The van der Waals surface area contributed by atoms with Crippen LogP contribution in [0.1, 0.15) is 57.1 Å². The summed E-state index contributed by atoms with van der Waals surface area (Å²) in [6, 6.07) is 5.70. The smallest absolute Gasteiger partial charge is 0.115 e. The van der Waals surface area contributed by atoms with Crippen LogP contribution < -0.4 is 0 Å². The van der Waals surface area contributed by atoms with Crippen molar-refractivity contribution >= 4 is 0 Å². The minimum absolute atomic E-state index is 0.0855. The van der Waals surface area contributed by atoms with Crippen molar-refractivity contribution < 1.29 is 15.3 Å². The van der Waals surface area contributed by atoms with E-state index in [0.717, 1.165) is 37.8 Å². The summed E-state index contributed by atoms with van der Waals surface area (Å²) >= 11 is 0. The third-order valence-electron chi connectivity index (χ3n) is 7.62. The number of piperidine rings is 1. The number of aliphatic hydroxyl groups is 2. The summed E-state index contributed by atoms with van der Waals surface area (Å²) in [6.45, 7) is 5.35. The molecule has 4 nitrogen and oxygen atoms in total. The Labute approximate surface area is 156 Å². The number of likely N-dealkylation sites (N-methyl/N-ethyl adjacent to an activating group) is 1. The van der Waals surface area contributed by atoms with Crippen molar-refractivity contribution in [2.45, 2.75) is 75.5 Å². The first-order chi connectivity index (χ1) is 12.3. The van der Waals surface area contributed by atoms with Crippen LogP contribution in [0.15, 0.2) is 18.2 Å². The molecule has 1 saturated heterocycles. The number of hydrogen-bond donors (Lipinski definition) is 3. The van der Waals surface area contributed by atoms with Crippen molar-refractivity contribution in [1.82, 2.24) is 4.90 Å². The predicted molar refractivity (Wildman–Crippen MR) is 102 cm³/mol. The molecule has 144 valence electrons. The largest absolute Gasteiger partial charge is 0.508 e. The molecule has 4 heteroatoms. The van der Waals surface area contributed by atoms with Gasteiger partial charge in [-0.3, -0.25) is 0 Å². The number of benzene rings is 1. The average Bonchev–Trinajstić information content (AvgIpc) is 2.57. The molecule has 1 aromatic carbocycles. The normalized spacial score (nSPS) is 39.5. The van der Waals surface area contributed by atoms with E-state index in [1.165, 1.54) is 5.56 Å². The van der Waals surface area contributed by atoms with Crippen LogP contribution in [0.5, 0.6) is 5.75 Å². The van der Waals surface area contributed by atoms with Crippen molar-refractivity contribution in [3.05, 3.63) is 29.3 Å². The van der Waals surface area contributed by atoms with E-state index in [4.69, 9.17) is 0 Å². The van der Waals surface area contributed by atoms with Gasteiger partial charge in [0.05, 0.1) is 11.7 Å². The first kappa shape index (κ1) is 18.3. The molecule has 0 spiro atoms. The zero-order chi connectivity index (χ0) is 18.7. The summed E-state index contributed by atoms with van der Waals surface area (Å²) in [7, 11) is 2.12. The van der Waals surface area contributed by atoms with Gasteiger partial charge in [0, 0.05) is 11.5 Å². The minimum Gasteiger partial charge on any atom is -0.508 e. The Morgan fingerprint density at radius 2 is 2.04 bits per heavy atom. The lowest BCUT2D eigenvalue weighted by molar-refractivity contribution is -0.194. The van der Waals surface area contributed by atoms with E-state index in [-0.39, 0.29) is 23.8 Å². The van der Waals surface area contributed by atoms with Gasteiger partial charge >= 0.3 is 0 Å². The highest BCUT2D eigenvalue weighted by Crippen LogP contribution is 2.59. The van der Waals surface area contributed by atoms with Crippen LogP contribution in [-0.2, 0) is 11.8 Å². The lowest BCUT2D eigenvalue weighted by Crippen LogP contribution is -2.74. The third-order valence-corrected chi connectivity index (χ3v) is 7.62. The zero-order valence-corrected chi connectivity index (χ0v) is 16.3. The molecule has 1 saturated carbocycles. The van der Waals surface area contributed by atoms with Gasteiger partial charge in [-0.1, -0.05) is 26.3 Å². The van der Waals surface area contributed by atoms with E-state index >= 15 is 0 Å². The molecule has 3 N–H and O–H groups in total. The second kappa shape index (κ2) is 6.22. The van der Waals surface area contributed by atoms with Crippen molar-refractivity contribution in [2.24, 2.45) is 11.8 Å². The number of rotatable bonds is 3. The number of phenols is 1. The van der Waals surface area contributed by atoms with E-state index < -0.39 is 11.0 Å². The van der Waals surface area contributed by atoms with E-state index in [1.807, 2.05) is 12.1 Å². The fourth-order valence-electron chi connectivity index (χ4n) is 6.13. The maximum Gasteiger partial charge on any atom is 0.115 e. The Hall–Kier alpha value is -1.10. The molecule has 0 unspecified atom stereocenters. The molecule has 1 heterocycles. The summed E-state index contributed by atoms with van der Waals surface area (Å²) in [4.78, 5) is 2.31. The van der Waals surface area contributed by atoms with Gasteiger partial charge in [-0.05, 0) is 80.8 Å². The molecule has 5 atom stereocenters. The maximum absolute atomic E-state index is 12.1. The molecular formula is C22H33NO3. The van der Waals surface area contributed by atoms with Crippen LogP contribution >= 0.6 is 0 Å². The first-order valence-corrected chi connectivity index (χ1v) is 10.2. The summed E-state index contributed by atoms with van der Waals surface area (Å²) < 4.78 is 0. The Morgan fingerprint density at radius 1 is 1.27 bits per heavy atom. The van der Waals surface area contributed by atoms with E-state index in [1.54, 1.807) is 6.07 Å². The molecule has 4 rings (SSSR count). The zero-order valence-electron chi connectivity index (χ0n) is 16.3. The van der Waals surface area contributed by atoms with Crippen LogP contribution in [0.2, 0.25) is 0 Å². The van der Waals surface area contributed by atoms with E-state index in [2.05, 4.69) is 25.8 Å². The van der Waals surface area contributed by atoms with Gasteiger partial charge in [0.1, 0.15) is 5.75 Å². The van der Waals surface area contributed by atoms with Gasteiger partial charge in [-0.25, -0.2) is 0 Å². The van der Waals surface area contributed by atoms with Gasteiger partial charge < -0.3 is 20.2 Å². The topological polar surface area (TPSA) is 63.9 Å². The lowest BCUT2D eigenvalue weighted by Gasteiger charge is -2.65. The number of hydrogen-bond acceptors (Lipinski definition) is 4. The first-order valence-electron chi connectivity index (χ1n) is 10.2. The second-order valence-electron chi connectivity index (χ2n) is 9.51. The predicted octanol–water partition coefficient (Wildman–Crippen LogP) is 2.83. The Bertz CT molecular complexity index is 690. The molecule has 1 aliphatic heterocycles. The number of aromatic hydroxyl groups is 1. The van der Waals surface area contributed by atoms with Crippen molar-refractivity contribution in [3.63, 3.8) is 0 Å². The molecule has 2 fully saturated rings. The number of aliphatic hydroxyl groups excluding tert-OH is 1. The highest BCUT2D eigenvalue weighted by molar-refractivity contribution is 5.48. The number of likely N-dealkylation sites (tertiary alicyclic amines) is 1. The van der Waals surface area contributed by atoms with Gasteiger partial charge in [-0.15, -0.1) is 0 Å². The Kier molecular flexibility index (Phi) is 4.37. The summed E-state index contributed by atoms with van der Waals surface area (Å²) in [5.41, 5.74) is 1.02. The van der Waals surface area contributed by atoms with Gasteiger partial charge in [0.25, 0.3) is 0 Å². The molecule has 26 heavy (non-hydrogen) atoms. The minimum atomic E-state index is -0.832. The molecular weight excluding hydrogens is 326 g/mol. The number of fused-ring (bicyclic) bond motifs is 1. The van der Waals surface area contributed by atoms with Gasteiger partial charge in [0.2, 0.25) is 0 Å². The van der Waals surface area contributed by atoms with Crippen LogP contribution in [0, 0.1) is 11.8 Å². The quantitative estimate of drug-likeness (QED) is 0.777. The lowest BCUT2D eigenvalue weighted by atomic mass is 9.47. The monoisotopic (exact) mass is 359 g/mol. The number of phenolic OH excluding ortho intramolecular Hbond substituents is 1. The van der Waals surface area contributed by atoms with Crippen LogP contribution in [-0.4, -0.2) is 51.6 Å². The van der Waals surface area contributed by atoms with Crippen LogP contribution in [0.4, 0.5) is 0 Å².